The summed E-state index contributed by atoms with van der Waals surface area (Å²) in [5, 5.41) is 0.580. The van der Waals surface area contributed by atoms with Crippen LogP contribution >= 0.6 is 11.6 Å². The van der Waals surface area contributed by atoms with Crippen LogP contribution in [0.3, 0.4) is 0 Å². The Morgan fingerprint density at radius 2 is 1.50 bits per heavy atom. The van der Waals surface area contributed by atoms with Gasteiger partial charge < -0.3 is 14.7 Å². The number of likely N-dealkylation sites (tertiary alicyclic amines) is 3. The van der Waals surface area contributed by atoms with Crippen LogP contribution in [0.1, 0.15) is 73.6 Å². The van der Waals surface area contributed by atoms with Crippen molar-refractivity contribution in [2.75, 3.05) is 45.8 Å². The molecule has 2 aromatic carbocycles. The summed E-state index contributed by atoms with van der Waals surface area (Å²) in [7, 11) is 0. The molecule has 3 aliphatic rings. The average molecular weight is 644 g/mol. The molecule has 0 aromatic heterocycles. The first-order chi connectivity index (χ1) is 20.8. The van der Waals surface area contributed by atoms with Crippen molar-refractivity contribution in [3.05, 3.63) is 69.7 Å². The minimum Gasteiger partial charge on any atom is -0.342 e. The fourth-order valence-electron chi connectivity index (χ4n) is 7.32. The Balaban J connectivity index is 1.30. The lowest BCUT2D eigenvalue weighted by molar-refractivity contribution is -0.143. The molecule has 0 saturated carbocycles. The van der Waals surface area contributed by atoms with E-state index >= 15 is 0 Å². The zero-order valence-electron chi connectivity index (χ0n) is 24.8. The van der Waals surface area contributed by atoms with Gasteiger partial charge in [0, 0.05) is 29.6 Å². The van der Waals surface area contributed by atoms with Crippen LogP contribution in [0, 0.1) is 0 Å². The Labute approximate surface area is 260 Å². The van der Waals surface area contributed by atoms with Gasteiger partial charge in [0.05, 0.1) is 17.5 Å². The first-order valence-electron chi connectivity index (χ1n) is 15.6. The highest BCUT2D eigenvalue weighted by Gasteiger charge is 2.40. The van der Waals surface area contributed by atoms with Gasteiger partial charge in [0.1, 0.15) is 0 Å². The van der Waals surface area contributed by atoms with E-state index in [0.29, 0.717) is 42.7 Å². The number of halogens is 7. The second kappa shape index (κ2) is 13.6. The molecule has 3 saturated heterocycles. The number of piperidine rings is 3. The lowest BCUT2D eigenvalue weighted by Crippen LogP contribution is -2.51. The highest BCUT2D eigenvalue weighted by atomic mass is 35.5. The lowest BCUT2D eigenvalue weighted by Gasteiger charge is -2.45. The van der Waals surface area contributed by atoms with Crippen LogP contribution in [0.5, 0.6) is 0 Å². The van der Waals surface area contributed by atoms with E-state index in [1.165, 1.54) is 32.4 Å². The minimum atomic E-state index is -4.96. The smallest absolute Gasteiger partial charge is 0.342 e. The molecular weight excluding hydrogens is 604 g/mol. The third kappa shape index (κ3) is 8.10. The van der Waals surface area contributed by atoms with Gasteiger partial charge in [-0.15, -0.1) is 0 Å². The molecule has 11 heteroatoms. The SMILES string of the molecule is O=C(Cc1cc(C(F)(F)F)cc(C(F)(F)F)c1)N1CCCC(CCN2CCC(N3CCCCC3)CC2)(c2cccc(Cl)c2)C1. The summed E-state index contributed by atoms with van der Waals surface area (Å²) < 4.78 is 80.5. The van der Waals surface area contributed by atoms with Crippen molar-refractivity contribution >= 4 is 17.5 Å². The Hall–Kier alpha value is -2.30. The second-order valence-corrected chi connectivity index (χ2v) is 13.2. The molecule has 1 atom stereocenters. The number of amides is 1. The van der Waals surface area contributed by atoms with Gasteiger partial charge in [0.15, 0.2) is 0 Å². The first kappa shape index (κ1) is 33.1. The molecule has 0 aliphatic carbocycles. The predicted octanol–water partition coefficient (Wildman–Crippen LogP) is 7.82. The highest BCUT2D eigenvalue weighted by molar-refractivity contribution is 6.30. The summed E-state index contributed by atoms with van der Waals surface area (Å²) in [6.07, 6.45) is -2.09. The van der Waals surface area contributed by atoms with Crippen LogP contribution in [-0.2, 0) is 29.0 Å². The van der Waals surface area contributed by atoms with E-state index in [-0.39, 0.29) is 11.6 Å². The molecule has 3 aliphatic heterocycles. The van der Waals surface area contributed by atoms with Crippen molar-refractivity contribution in [2.24, 2.45) is 0 Å². The number of rotatable bonds is 7. The summed E-state index contributed by atoms with van der Waals surface area (Å²) in [6, 6.07) is 9.61. The molecule has 0 radical (unpaired) electrons. The van der Waals surface area contributed by atoms with Gasteiger partial charge in [-0.2, -0.15) is 26.3 Å². The van der Waals surface area contributed by atoms with Crippen molar-refractivity contribution in [2.45, 2.75) is 81.6 Å². The average Bonchev–Trinajstić information content (AvgIpc) is 3.00. The lowest BCUT2D eigenvalue weighted by atomic mass is 9.71. The molecule has 3 fully saturated rings. The maximum atomic E-state index is 13.5. The normalized spacial score (nSPS) is 23.2. The van der Waals surface area contributed by atoms with Crippen molar-refractivity contribution in [3.63, 3.8) is 0 Å². The fourth-order valence-corrected chi connectivity index (χ4v) is 7.51. The summed E-state index contributed by atoms with van der Waals surface area (Å²) in [4.78, 5) is 20.2. The third-order valence-electron chi connectivity index (χ3n) is 9.74. The van der Waals surface area contributed by atoms with E-state index in [1.54, 1.807) is 11.0 Å². The Morgan fingerprint density at radius 3 is 2.11 bits per heavy atom. The molecule has 242 valence electrons. The van der Waals surface area contributed by atoms with E-state index in [2.05, 4.69) is 9.80 Å². The van der Waals surface area contributed by atoms with E-state index < -0.39 is 41.2 Å². The fraction of sp³-hybridized carbons (Fsp3) is 0.606. The number of hydrogen-bond acceptors (Lipinski definition) is 3. The van der Waals surface area contributed by atoms with E-state index in [4.69, 9.17) is 11.6 Å². The number of benzene rings is 2. The molecule has 0 spiro atoms. The van der Waals surface area contributed by atoms with Gasteiger partial charge in [-0.05, 0) is 119 Å². The molecular formula is C33H40ClF6N3O. The Kier molecular flexibility index (Phi) is 10.2. The number of alkyl halides is 6. The Morgan fingerprint density at radius 1 is 0.841 bits per heavy atom. The topological polar surface area (TPSA) is 26.8 Å². The predicted molar refractivity (Wildman–Crippen MR) is 159 cm³/mol. The quantitative estimate of drug-likeness (QED) is 0.288. The molecule has 5 rings (SSSR count). The van der Waals surface area contributed by atoms with Gasteiger partial charge >= 0.3 is 12.4 Å². The van der Waals surface area contributed by atoms with Crippen LogP contribution in [0.15, 0.2) is 42.5 Å². The molecule has 44 heavy (non-hydrogen) atoms. The first-order valence-corrected chi connectivity index (χ1v) is 16.0. The van der Waals surface area contributed by atoms with E-state index in [1.807, 2.05) is 18.2 Å². The zero-order chi connectivity index (χ0) is 31.5. The van der Waals surface area contributed by atoms with E-state index in [9.17, 15) is 31.1 Å². The molecule has 3 heterocycles. The monoisotopic (exact) mass is 643 g/mol. The third-order valence-corrected chi connectivity index (χ3v) is 9.98. The van der Waals surface area contributed by atoms with Crippen LogP contribution in [-0.4, -0.2) is 72.5 Å². The molecule has 2 aromatic rings. The molecule has 1 unspecified atom stereocenters. The largest absolute Gasteiger partial charge is 0.416 e. The highest BCUT2D eigenvalue weighted by Crippen LogP contribution is 2.40. The van der Waals surface area contributed by atoms with Gasteiger partial charge in [0.2, 0.25) is 5.91 Å². The molecule has 4 nitrogen and oxygen atoms in total. The number of hydrogen-bond donors (Lipinski definition) is 0. The zero-order valence-corrected chi connectivity index (χ0v) is 25.6. The number of carbonyl (C=O) groups excluding carboxylic acids is 1. The van der Waals surface area contributed by atoms with E-state index in [0.717, 1.165) is 50.9 Å². The summed E-state index contributed by atoms with van der Waals surface area (Å²) in [5.74, 6) is -0.481. The van der Waals surface area contributed by atoms with Crippen molar-refractivity contribution in [1.82, 2.24) is 14.7 Å². The van der Waals surface area contributed by atoms with Crippen molar-refractivity contribution in [3.8, 4) is 0 Å². The maximum absolute atomic E-state index is 13.5. The summed E-state index contributed by atoms with van der Waals surface area (Å²) >= 11 is 6.39. The van der Waals surface area contributed by atoms with Crippen molar-refractivity contribution in [1.29, 1.82) is 0 Å². The number of carbonyl (C=O) groups is 1. The molecule has 0 N–H and O–H groups in total. The standard InChI is InChI=1S/C33H40ClF6N3O/c34-28-7-4-6-25(22-28)31(11-17-41-15-8-29(9-16-41)42-12-2-1-3-13-42)10-5-14-43(23-31)30(44)20-24-18-26(32(35,36)37)21-27(19-24)33(38,39)40/h4,6-7,18-19,21-22,29H,1-3,5,8-17,20,23H2. The van der Waals surface area contributed by atoms with Gasteiger partial charge in [-0.3, -0.25) is 4.79 Å². The summed E-state index contributed by atoms with van der Waals surface area (Å²) in [6.45, 7) is 5.95. The minimum absolute atomic E-state index is 0.0916. The number of nitrogens with zero attached hydrogens (tertiary/aromatic N) is 3. The second-order valence-electron chi connectivity index (χ2n) is 12.7. The van der Waals surface area contributed by atoms with Crippen LogP contribution in [0.2, 0.25) is 5.02 Å². The van der Waals surface area contributed by atoms with Crippen LogP contribution in [0.4, 0.5) is 26.3 Å². The Bertz CT molecular complexity index is 1250. The van der Waals surface area contributed by atoms with Gasteiger partial charge in [0.25, 0.3) is 0 Å². The molecule has 1 amide bonds. The van der Waals surface area contributed by atoms with Crippen LogP contribution < -0.4 is 0 Å². The summed E-state index contributed by atoms with van der Waals surface area (Å²) in [5.41, 5.74) is -2.54. The van der Waals surface area contributed by atoms with Gasteiger partial charge in [-0.1, -0.05) is 30.2 Å². The van der Waals surface area contributed by atoms with Gasteiger partial charge in [-0.25, -0.2) is 0 Å². The molecule has 0 bridgehead atoms. The van der Waals surface area contributed by atoms with Crippen molar-refractivity contribution < 1.29 is 31.1 Å². The maximum Gasteiger partial charge on any atom is 0.416 e. The van der Waals surface area contributed by atoms with Crippen LogP contribution in [0.25, 0.3) is 0 Å².